The van der Waals surface area contributed by atoms with Gasteiger partial charge in [-0.05, 0) is 54.4 Å². The maximum absolute atomic E-state index is 11.6. The van der Waals surface area contributed by atoms with E-state index in [9.17, 15) is 13.5 Å². The van der Waals surface area contributed by atoms with Gasteiger partial charge < -0.3 is 9.67 Å². The van der Waals surface area contributed by atoms with E-state index in [1.165, 1.54) is 6.26 Å². The molecule has 1 heterocycles. The Morgan fingerprint density at radius 1 is 0.917 bits per heavy atom. The number of hydrogen-bond acceptors (Lipinski definition) is 3. The van der Waals surface area contributed by atoms with E-state index in [2.05, 4.69) is 4.57 Å². The maximum atomic E-state index is 11.6. The Kier molecular flexibility index (Phi) is 4.30. The molecule has 5 heteroatoms. The van der Waals surface area contributed by atoms with Crippen LogP contribution in [-0.2, 0) is 16.4 Å². The monoisotopic (exact) mass is 341 g/mol. The molecule has 0 amide bonds. The molecule has 0 aliphatic heterocycles. The number of aromatic nitrogens is 1. The SMILES string of the molecule is Cc1ccc(-c2ccc(S(C)(=O)=O)cc2)n1-c1ccc(CO)cc1. The van der Waals surface area contributed by atoms with Gasteiger partial charge in [0.15, 0.2) is 9.84 Å². The van der Waals surface area contributed by atoms with Crippen molar-refractivity contribution in [3.63, 3.8) is 0 Å². The van der Waals surface area contributed by atoms with Crippen LogP contribution in [0.15, 0.2) is 65.6 Å². The Bertz CT molecular complexity index is 953. The van der Waals surface area contributed by atoms with Crippen molar-refractivity contribution in [1.29, 1.82) is 0 Å². The number of aliphatic hydroxyl groups excluding tert-OH is 1. The van der Waals surface area contributed by atoms with Gasteiger partial charge in [-0.3, -0.25) is 0 Å². The number of aliphatic hydroxyl groups is 1. The topological polar surface area (TPSA) is 59.3 Å². The smallest absolute Gasteiger partial charge is 0.175 e. The van der Waals surface area contributed by atoms with E-state index in [-0.39, 0.29) is 6.61 Å². The van der Waals surface area contributed by atoms with Gasteiger partial charge in [0.25, 0.3) is 0 Å². The molecule has 24 heavy (non-hydrogen) atoms. The minimum atomic E-state index is -3.20. The van der Waals surface area contributed by atoms with Crippen molar-refractivity contribution in [2.24, 2.45) is 0 Å². The average molecular weight is 341 g/mol. The third kappa shape index (κ3) is 3.13. The normalized spacial score (nSPS) is 11.6. The molecule has 3 aromatic rings. The second-order valence-electron chi connectivity index (χ2n) is 5.82. The predicted octanol–water partition coefficient (Wildman–Crippen LogP) is 3.35. The van der Waals surface area contributed by atoms with Gasteiger partial charge in [-0.25, -0.2) is 8.42 Å². The molecule has 0 fully saturated rings. The number of rotatable bonds is 4. The van der Waals surface area contributed by atoms with Crippen molar-refractivity contribution in [2.75, 3.05) is 6.26 Å². The Morgan fingerprint density at radius 3 is 2.08 bits per heavy atom. The highest BCUT2D eigenvalue weighted by Gasteiger charge is 2.11. The lowest BCUT2D eigenvalue weighted by atomic mass is 10.1. The van der Waals surface area contributed by atoms with Gasteiger partial charge in [-0.1, -0.05) is 24.3 Å². The molecule has 3 rings (SSSR count). The highest BCUT2D eigenvalue weighted by molar-refractivity contribution is 7.90. The van der Waals surface area contributed by atoms with E-state index in [1.54, 1.807) is 12.1 Å². The minimum Gasteiger partial charge on any atom is -0.392 e. The van der Waals surface area contributed by atoms with Gasteiger partial charge in [0.2, 0.25) is 0 Å². The third-order valence-corrected chi connectivity index (χ3v) is 5.16. The lowest BCUT2D eigenvalue weighted by molar-refractivity contribution is 0.282. The standard InChI is InChI=1S/C19H19NO3S/c1-14-3-12-19(16-6-10-18(11-7-16)24(2,22)23)20(14)17-8-4-15(13-21)5-9-17/h3-12,21H,13H2,1-2H3. The molecule has 4 nitrogen and oxygen atoms in total. The molecule has 0 bridgehead atoms. The molecule has 0 saturated heterocycles. The molecule has 0 saturated carbocycles. The van der Waals surface area contributed by atoms with Crippen LogP contribution in [0.5, 0.6) is 0 Å². The summed E-state index contributed by atoms with van der Waals surface area (Å²) in [5.74, 6) is 0. The van der Waals surface area contributed by atoms with E-state index >= 15 is 0 Å². The van der Waals surface area contributed by atoms with E-state index in [0.717, 1.165) is 28.2 Å². The Hall–Kier alpha value is -2.37. The quantitative estimate of drug-likeness (QED) is 0.792. The molecule has 1 N–H and O–H groups in total. The van der Waals surface area contributed by atoms with Crippen molar-refractivity contribution in [2.45, 2.75) is 18.4 Å². The Morgan fingerprint density at radius 2 is 1.54 bits per heavy atom. The fraction of sp³-hybridized carbons (Fsp3) is 0.158. The molecular formula is C19H19NO3S. The number of aryl methyl sites for hydroxylation is 1. The summed E-state index contributed by atoms with van der Waals surface area (Å²) in [5.41, 5.74) is 4.87. The highest BCUT2D eigenvalue weighted by atomic mass is 32.2. The average Bonchev–Trinajstić information content (AvgIpc) is 2.96. The first-order valence-corrected chi connectivity index (χ1v) is 9.48. The fourth-order valence-corrected chi connectivity index (χ4v) is 3.36. The first-order valence-electron chi connectivity index (χ1n) is 7.59. The van der Waals surface area contributed by atoms with Crippen molar-refractivity contribution in [3.8, 4) is 16.9 Å². The van der Waals surface area contributed by atoms with Crippen LogP contribution in [0.25, 0.3) is 16.9 Å². The molecule has 0 aliphatic rings. The Labute approximate surface area is 141 Å². The van der Waals surface area contributed by atoms with Crippen LogP contribution in [0, 0.1) is 6.92 Å². The number of nitrogens with zero attached hydrogens (tertiary/aromatic N) is 1. The summed E-state index contributed by atoms with van der Waals surface area (Å²) in [6, 6.07) is 18.7. The van der Waals surface area contributed by atoms with Crippen LogP contribution in [0.2, 0.25) is 0 Å². The van der Waals surface area contributed by atoms with E-state index in [4.69, 9.17) is 0 Å². The lowest BCUT2D eigenvalue weighted by Gasteiger charge is -2.13. The van der Waals surface area contributed by atoms with E-state index in [1.807, 2.05) is 55.5 Å². The zero-order chi connectivity index (χ0) is 17.3. The fourth-order valence-electron chi connectivity index (χ4n) is 2.73. The van der Waals surface area contributed by atoms with Crippen LogP contribution >= 0.6 is 0 Å². The molecule has 124 valence electrons. The first kappa shape index (κ1) is 16.5. The second kappa shape index (κ2) is 6.26. The second-order valence-corrected chi connectivity index (χ2v) is 7.83. The van der Waals surface area contributed by atoms with Gasteiger partial charge in [-0.2, -0.15) is 0 Å². The summed E-state index contributed by atoms with van der Waals surface area (Å²) in [5, 5.41) is 9.18. The summed E-state index contributed by atoms with van der Waals surface area (Å²) < 4.78 is 25.3. The van der Waals surface area contributed by atoms with Crippen molar-refractivity contribution in [1.82, 2.24) is 4.57 Å². The van der Waals surface area contributed by atoms with Crippen LogP contribution in [0.3, 0.4) is 0 Å². The Balaban J connectivity index is 2.06. The number of hydrogen-bond donors (Lipinski definition) is 1. The summed E-state index contributed by atoms with van der Waals surface area (Å²) in [6.07, 6.45) is 1.21. The maximum Gasteiger partial charge on any atom is 0.175 e. The largest absolute Gasteiger partial charge is 0.392 e. The van der Waals surface area contributed by atoms with Crippen LogP contribution in [-0.4, -0.2) is 24.3 Å². The zero-order valence-corrected chi connectivity index (χ0v) is 14.4. The van der Waals surface area contributed by atoms with Gasteiger partial charge in [-0.15, -0.1) is 0 Å². The van der Waals surface area contributed by atoms with Crippen molar-refractivity contribution in [3.05, 3.63) is 71.9 Å². The summed E-state index contributed by atoms with van der Waals surface area (Å²) in [6.45, 7) is 2.04. The minimum absolute atomic E-state index is 0.0186. The molecule has 0 unspecified atom stereocenters. The van der Waals surface area contributed by atoms with E-state index < -0.39 is 9.84 Å². The molecule has 0 atom stereocenters. The van der Waals surface area contributed by atoms with Gasteiger partial charge >= 0.3 is 0 Å². The van der Waals surface area contributed by atoms with Crippen molar-refractivity contribution >= 4 is 9.84 Å². The zero-order valence-electron chi connectivity index (χ0n) is 13.6. The van der Waals surface area contributed by atoms with Crippen LogP contribution < -0.4 is 0 Å². The molecule has 0 radical (unpaired) electrons. The number of benzene rings is 2. The molecule has 0 aliphatic carbocycles. The summed E-state index contributed by atoms with van der Waals surface area (Å²) in [7, 11) is -3.20. The van der Waals surface area contributed by atoms with Gasteiger partial charge in [0, 0.05) is 17.6 Å². The number of sulfone groups is 1. The summed E-state index contributed by atoms with van der Waals surface area (Å²) in [4.78, 5) is 0.313. The van der Waals surface area contributed by atoms with Crippen molar-refractivity contribution < 1.29 is 13.5 Å². The van der Waals surface area contributed by atoms with Crippen LogP contribution in [0.1, 0.15) is 11.3 Å². The molecule has 1 aromatic heterocycles. The molecule has 0 spiro atoms. The van der Waals surface area contributed by atoms with Crippen LogP contribution in [0.4, 0.5) is 0 Å². The lowest BCUT2D eigenvalue weighted by Crippen LogP contribution is -2.00. The van der Waals surface area contributed by atoms with Gasteiger partial charge in [0.1, 0.15) is 0 Å². The third-order valence-electron chi connectivity index (χ3n) is 4.03. The molecular weight excluding hydrogens is 322 g/mol. The van der Waals surface area contributed by atoms with E-state index in [0.29, 0.717) is 4.90 Å². The molecule has 2 aromatic carbocycles. The predicted molar refractivity (Wildman–Crippen MR) is 95.0 cm³/mol. The highest BCUT2D eigenvalue weighted by Crippen LogP contribution is 2.27. The first-order chi connectivity index (χ1) is 11.4. The van der Waals surface area contributed by atoms with Gasteiger partial charge in [0.05, 0.1) is 17.2 Å². The summed E-state index contributed by atoms with van der Waals surface area (Å²) >= 11 is 0.